The summed E-state index contributed by atoms with van der Waals surface area (Å²) < 4.78 is 0. The predicted molar refractivity (Wildman–Crippen MR) is 206 cm³/mol. The van der Waals surface area contributed by atoms with Crippen molar-refractivity contribution in [3.05, 3.63) is 181 Å². The summed E-state index contributed by atoms with van der Waals surface area (Å²) in [6.45, 7) is 4.28. The molecule has 9 rings (SSSR count). The molecule has 0 heterocycles. The molecule has 0 spiro atoms. The monoisotopic (exact) mass is 614 g/mol. The van der Waals surface area contributed by atoms with E-state index in [4.69, 9.17) is 0 Å². The Hall–Kier alpha value is -6.12. The van der Waals surface area contributed by atoms with E-state index in [0.29, 0.717) is 0 Å². The SMILES string of the molecule is Cc1ccc(N(c2ccccc2)c2ccc3c4cccc5c(N(c6ccccc6)c6ccc(C)cc6)ccc(c6cccc2c63)c54)cc1. The molecule has 0 fully saturated rings. The Kier molecular flexibility index (Phi) is 6.62. The van der Waals surface area contributed by atoms with Crippen molar-refractivity contribution in [2.45, 2.75) is 13.8 Å². The van der Waals surface area contributed by atoms with Gasteiger partial charge in [0, 0.05) is 33.5 Å². The molecule has 0 bridgehead atoms. The first kappa shape index (κ1) is 28.1. The fourth-order valence-corrected chi connectivity index (χ4v) is 7.47. The van der Waals surface area contributed by atoms with Gasteiger partial charge in [-0.3, -0.25) is 0 Å². The van der Waals surface area contributed by atoms with Gasteiger partial charge in [0.05, 0.1) is 11.4 Å². The second kappa shape index (κ2) is 11.3. The minimum absolute atomic E-state index is 1.14. The maximum Gasteiger partial charge on any atom is 0.0540 e. The van der Waals surface area contributed by atoms with E-state index >= 15 is 0 Å². The molecule has 48 heavy (non-hydrogen) atoms. The highest BCUT2D eigenvalue weighted by atomic mass is 15.1. The molecule has 0 N–H and O–H groups in total. The van der Waals surface area contributed by atoms with Crippen LogP contribution in [0.25, 0.3) is 43.1 Å². The molecule has 0 saturated carbocycles. The third-order valence-corrected chi connectivity index (χ3v) is 9.71. The Bertz CT molecular complexity index is 2350. The average Bonchev–Trinajstić information content (AvgIpc) is 3.14. The van der Waals surface area contributed by atoms with Gasteiger partial charge in [0.25, 0.3) is 0 Å². The van der Waals surface area contributed by atoms with Gasteiger partial charge in [-0.15, -0.1) is 0 Å². The van der Waals surface area contributed by atoms with Gasteiger partial charge in [-0.25, -0.2) is 0 Å². The maximum absolute atomic E-state index is 2.39. The summed E-state index contributed by atoms with van der Waals surface area (Å²) in [6, 6.07) is 62.0. The molecule has 0 aromatic heterocycles. The molecule has 0 unspecified atom stereocenters. The van der Waals surface area contributed by atoms with Crippen LogP contribution in [0.3, 0.4) is 0 Å². The van der Waals surface area contributed by atoms with Crippen LogP contribution < -0.4 is 9.80 Å². The molecule has 0 atom stereocenters. The molecule has 9 aromatic carbocycles. The Morgan fingerprint density at radius 3 is 1.00 bits per heavy atom. The molecule has 9 aromatic rings. The minimum atomic E-state index is 1.14. The summed E-state index contributed by atoms with van der Waals surface area (Å²) in [4.78, 5) is 4.78. The van der Waals surface area contributed by atoms with E-state index in [1.165, 1.54) is 65.6 Å². The minimum Gasteiger partial charge on any atom is -0.310 e. The summed E-state index contributed by atoms with van der Waals surface area (Å²) in [5.41, 5.74) is 9.42. The van der Waals surface area contributed by atoms with E-state index < -0.39 is 0 Å². The summed E-state index contributed by atoms with van der Waals surface area (Å²) in [6.07, 6.45) is 0. The normalized spacial score (nSPS) is 11.5. The first-order valence-electron chi connectivity index (χ1n) is 16.6. The number of hydrogen-bond acceptors (Lipinski definition) is 2. The molecular formula is C46H34N2. The Labute approximate surface area is 281 Å². The number of anilines is 6. The van der Waals surface area contributed by atoms with Crippen LogP contribution in [0, 0.1) is 13.8 Å². The number of aryl methyl sites for hydroxylation is 2. The molecule has 0 saturated heterocycles. The lowest BCUT2D eigenvalue weighted by Gasteiger charge is -2.29. The second-order valence-corrected chi connectivity index (χ2v) is 12.7. The zero-order valence-electron chi connectivity index (χ0n) is 27.1. The van der Waals surface area contributed by atoms with Crippen molar-refractivity contribution in [1.29, 1.82) is 0 Å². The van der Waals surface area contributed by atoms with Crippen LogP contribution in [0.2, 0.25) is 0 Å². The highest BCUT2D eigenvalue weighted by Gasteiger charge is 2.22. The zero-order chi connectivity index (χ0) is 32.2. The molecule has 2 nitrogen and oxygen atoms in total. The van der Waals surface area contributed by atoms with Gasteiger partial charge < -0.3 is 9.80 Å². The second-order valence-electron chi connectivity index (χ2n) is 12.7. The number of rotatable bonds is 6. The van der Waals surface area contributed by atoms with Crippen molar-refractivity contribution in [1.82, 2.24) is 0 Å². The molecule has 0 amide bonds. The van der Waals surface area contributed by atoms with E-state index in [1.807, 2.05) is 0 Å². The summed E-state index contributed by atoms with van der Waals surface area (Å²) >= 11 is 0. The lowest BCUT2D eigenvalue weighted by atomic mass is 9.88. The average molecular weight is 615 g/mol. The lowest BCUT2D eigenvalue weighted by Crippen LogP contribution is -2.11. The summed E-state index contributed by atoms with van der Waals surface area (Å²) in [5, 5.41) is 10.2. The topological polar surface area (TPSA) is 6.48 Å². The van der Waals surface area contributed by atoms with Crippen LogP contribution in [-0.2, 0) is 0 Å². The molecular weight excluding hydrogens is 581 g/mol. The van der Waals surface area contributed by atoms with Crippen molar-refractivity contribution in [2.24, 2.45) is 0 Å². The van der Waals surface area contributed by atoms with Gasteiger partial charge in [-0.2, -0.15) is 0 Å². The fraction of sp³-hybridized carbons (Fsp3) is 0.0435. The van der Waals surface area contributed by atoms with Gasteiger partial charge in [0.1, 0.15) is 0 Å². The van der Waals surface area contributed by atoms with Gasteiger partial charge in [-0.1, -0.05) is 120 Å². The zero-order valence-corrected chi connectivity index (χ0v) is 27.1. The van der Waals surface area contributed by atoms with Crippen LogP contribution in [-0.4, -0.2) is 0 Å². The lowest BCUT2D eigenvalue weighted by molar-refractivity contribution is 1.29. The number of benzene rings is 9. The van der Waals surface area contributed by atoms with Crippen molar-refractivity contribution in [3.63, 3.8) is 0 Å². The van der Waals surface area contributed by atoms with Crippen molar-refractivity contribution in [2.75, 3.05) is 9.80 Å². The van der Waals surface area contributed by atoms with Crippen molar-refractivity contribution >= 4 is 77.2 Å². The predicted octanol–water partition coefficient (Wildman–Crippen LogP) is 13.3. The molecule has 2 heteroatoms. The van der Waals surface area contributed by atoms with Gasteiger partial charge in [-0.05, 0) is 107 Å². The van der Waals surface area contributed by atoms with E-state index in [9.17, 15) is 0 Å². The van der Waals surface area contributed by atoms with Crippen LogP contribution in [0.1, 0.15) is 11.1 Å². The van der Waals surface area contributed by atoms with E-state index in [0.717, 1.165) is 22.7 Å². The Morgan fingerprint density at radius 2 is 0.604 bits per heavy atom. The number of fused-ring (bicyclic) bond motifs is 2. The highest BCUT2D eigenvalue weighted by Crippen LogP contribution is 2.48. The van der Waals surface area contributed by atoms with Gasteiger partial charge >= 0.3 is 0 Å². The van der Waals surface area contributed by atoms with Crippen LogP contribution in [0.15, 0.2) is 170 Å². The van der Waals surface area contributed by atoms with E-state index in [-0.39, 0.29) is 0 Å². The van der Waals surface area contributed by atoms with Crippen molar-refractivity contribution < 1.29 is 0 Å². The Morgan fingerprint density at radius 1 is 0.271 bits per heavy atom. The fourth-order valence-electron chi connectivity index (χ4n) is 7.47. The van der Waals surface area contributed by atoms with Crippen molar-refractivity contribution in [3.8, 4) is 0 Å². The maximum atomic E-state index is 2.39. The van der Waals surface area contributed by atoms with E-state index in [1.54, 1.807) is 0 Å². The number of para-hydroxylation sites is 2. The third-order valence-electron chi connectivity index (χ3n) is 9.71. The highest BCUT2D eigenvalue weighted by molar-refractivity contribution is 6.35. The van der Waals surface area contributed by atoms with Crippen LogP contribution in [0.5, 0.6) is 0 Å². The first-order valence-corrected chi connectivity index (χ1v) is 16.6. The van der Waals surface area contributed by atoms with Crippen LogP contribution in [0.4, 0.5) is 34.1 Å². The largest absolute Gasteiger partial charge is 0.310 e. The quantitative estimate of drug-likeness (QED) is 0.136. The van der Waals surface area contributed by atoms with E-state index in [2.05, 4.69) is 194 Å². The summed E-state index contributed by atoms with van der Waals surface area (Å²) in [5.74, 6) is 0. The van der Waals surface area contributed by atoms with Gasteiger partial charge in [0.2, 0.25) is 0 Å². The molecule has 228 valence electrons. The summed E-state index contributed by atoms with van der Waals surface area (Å²) in [7, 11) is 0. The molecule has 0 aliphatic rings. The smallest absolute Gasteiger partial charge is 0.0540 e. The van der Waals surface area contributed by atoms with Gasteiger partial charge in [0.15, 0.2) is 0 Å². The molecule has 0 aliphatic heterocycles. The number of nitrogens with zero attached hydrogens (tertiary/aromatic N) is 2. The Balaban J connectivity index is 1.32. The third kappa shape index (κ3) is 4.49. The first-order chi connectivity index (χ1) is 23.7. The molecule has 0 radical (unpaired) electrons. The van der Waals surface area contributed by atoms with Crippen LogP contribution >= 0.6 is 0 Å². The number of hydrogen-bond donors (Lipinski definition) is 0. The standard InChI is InChI=1S/C46H34N2/c1-31-19-23-35(24-20-31)47(33-11-5-3-6-12-33)43-29-27-39-38-16-10-18-42-44(30-28-40(46(38)42)37-15-9-17-41(43)45(37)39)48(34-13-7-4-8-14-34)36-25-21-32(2)22-26-36/h3-30H,1-2H3. The molecule has 0 aliphatic carbocycles.